The van der Waals surface area contributed by atoms with Gasteiger partial charge in [0, 0.05) is 12.1 Å². The van der Waals surface area contributed by atoms with E-state index in [9.17, 15) is 9.18 Å². The molecule has 0 radical (unpaired) electrons. The quantitative estimate of drug-likeness (QED) is 0.887. The molecular formula is C15H21FN2O2. The maximum absolute atomic E-state index is 13.4. The number of carbonyl (C=O) groups excluding carboxylic acids is 1. The fraction of sp³-hybridized carbons (Fsp3) is 0.533. The summed E-state index contributed by atoms with van der Waals surface area (Å²) >= 11 is 0. The molecule has 2 unspecified atom stereocenters. The summed E-state index contributed by atoms with van der Waals surface area (Å²) < 4.78 is 18.6. The highest BCUT2D eigenvalue weighted by molar-refractivity contribution is 5.83. The van der Waals surface area contributed by atoms with Crippen molar-refractivity contribution in [2.24, 2.45) is 5.41 Å². The van der Waals surface area contributed by atoms with Crippen molar-refractivity contribution >= 4 is 5.91 Å². The highest BCUT2D eigenvalue weighted by Gasteiger charge is 2.37. The maximum Gasteiger partial charge on any atom is 0.227 e. The molecule has 1 aromatic carbocycles. The van der Waals surface area contributed by atoms with E-state index in [2.05, 4.69) is 10.6 Å². The van der Waals surface area contributed by atoms with Crippen LogP contribution in [0.5, 0.6) is 5.75 Å². The first kappa shape index (κ1) is 14.8. The van der Waals surface area contributed by atoms with Crippen molar-refractivity contribution in [2.45, 2.75) is 26.3 Å². The number of methoxy groups -OCH3 is 1. The van der Waals surface area contributed by atoms with Crippen LogP contribution in [0.2, 0.25) is 0 Å². The maximum atomic E-state index is 13.4. The zero-order valence-corrected chi connectivity index (χ0v) is 12.1. The Morgan fingerprint density at radius 1 is 1.55 bits per heavy atom. The molecule has 0 saturated carbocycles. The van der Waals surface area contributed by atoms with Gasteiger partial charge in [-0.25, -0.2) is 4.39 Å². The van der Waals surface area contributed by atoms with Crippen LogP contribution in [0.3, 0.4) is 0 Å². The van der Waals surface area contributed by atoms with Crippen LogP contribution in [-0.2, 0) is 4.79 Å². The van der Waals surface area contributed by atoms with Crippen LogP contribution in [0.25, 0.3) is 0 Å². The largest absolute Gasteiger partial charge is 0.496 e. The lowest BCUT2D eigenvalue weighted by molar-refractivity contribution is -0.129. The third kappa shape index (κ3) is 2.93. The number of rotatable bonds is 4. The van der Waals surface area contributed by atoms with Crippen molar-refractivity contribution in [2.75, 3.05) is 20.2 Å². The third-order valence-corrected chi connectivity index (χ3v) is 3.92. The Hall–Kier alpha value is -1.62. The molecule has 5 heteroatoms. The van der Waals surface area contributed by atoms with Crippen LogP contribution >= 0.6 is 0 Å². The molecule has 110 valence electrons. The van der Waals surface area contributed by atoms with E-state index in [1.807, 2.05) is 13.8 Å². The number of hydrogen-bond donors (Lipinski definition) is 2. The predicted octanol–water partition coefficient (Wildman–Crippen LogP) is 2.01. The molecule has 1 amide bonds. The minimum absolute atomic E-state index is 0.0127. The zero-order chi connectivity index (χ0) is 14.8. The summed E-state index contributed by atoms with van der Waals surface area (Å²) in [6, 6.07) is 4.02. The lowest BCUT2D eigenvalue weighted by atomic mass is 9.88. The van der Waals surface area contributed by atoms with Gasteiger partial charge in [0.05, 0.1) is 18.6 Å². The van der Waals surface area contributed by atoms with Crippen LogP contribution in [-0.4, -0.2) is 26.1 Å². The van der Waals surface area contributed by atoms with Crippen LogP contribution in [0.15, 0.2) is 18.2 Å². The summed E-state index contributed by atoms with van der Waals surface area (Å²) in [4.78, 5) is 12.3. The second-order valence-electron chi connectivity index (χ2n) is 5.57. The predicted molar refractivity (Wildman–Crippen MR) is 75.1 cm³/mol. The molecular weight excluding hydrogens is 259 g/mol. The molecule has 1 aliphatic rings. The SMILES string of the molecule is COc1ccc(F)cc1C(C)NC(=O)C1(C)CCNC1. The molecule has 1 fully saturated rings. The lowest BCUT2D eigenvalue weighted by Crippen LogP contribution is -2.41. The van der Waals surface area contributed by atoms with Crippen molar-refractivity contribution in [3.8, 4) is 5.75 Å². The molecule has 20 heavy (non-hydrogen) atoms. The highest BCUT2D eigenvalue weighted by Crippen LogP contribution is 2.29. The van der Waals surface area contributed by atoms with E-state index in [0.29, 0.717) is 17.9 Å². The average molecular weight is 280 g/mol. The van der Waals surface area contributed by atoms with Gasteiger partial charge in [-0.05, 0) is 45.0 Å². The molecule has 4 nitrogen and oxygen atoms in total. The van der Waals surface area contributed by atoms with E-state index in [4.69, 9.17) is 4.74 Å². The van der Waals surface area contributed by atoms with Crippen molar-refractivity contribution in [1.82, 2.24) is 10.6 Å². The Kier molecular flexibility index (Phi) is 4.28. The Morgan fingerprint density at radius 2 is 2.30 bits per heavy atom. The Balaban J connectivity index is 2.13. The molecule has 0 bridgehead atoms. The monoisotopic (exact) mass is 280 g/mol. The van der Waals surface area contributed by atoms with Crippen LogP contribution in [0, 0.1) is 11.2 Å². The molecule has 1 saturated heterocycles. The minimum atomic E-state index is -0.394. The van der Waals surface area contributed by atoms with Gasteiger partial charge in [0.15, 0.2) is 0 Å². The van der Waals surface area contributed by atoms with Crippen molar-refractivity contribution in [3.63, 3.8) is 0 Å². The molecule has 2 rings (SSSR count). The number of carbonyl (C=O) groups is 1. The number of ether oxygens (including phenoxy) is 1. The van der Waals surface area contributed by atoms with Crippen molar-refractivity contribution < 1.29 is 13.9 Å². The first-order valence-electron chi connectivity index (χ1n) is 6.81. The van der Waals surface area contributed by atoms with Gasteiger partial charge in [0.1, 0.15) is 11.6 Å². The molecule has 0 spiro atoms. The second-order valence-corrected chi connectivity index (χ2v) is 5.57. The van der Waals surface area contributed by atoms with Gasteiger partial charge < -0.3 is 15.4 Å². The summed E-state index contributed by atoms with van der Waals surface area (Å²) in [5.74, 6) is 0.228. The first-order valence-corrected chi connectivity index (χ1v) is 6.81. The molecule has 2 atom stereocenters. The van der Waals surface area contributed by atoms with Crippen LogP contribution in [0.1, 0.15) is 31.9 Å². The van der Waals surface area contributed by atoms with E-state index in [1.165, 1.54) is 19.2 Å². The Bertz CT molecular complexity index is 499. The Labute approximate surface area is 118 Å². The van der Waals surface area contributed by atoms with Gasteiger partial charge in [0.2, 0.25) is 5.91 Å². The van der Waals surface area contributed by atoms with Gasteiger partial charge in [-0.1, -0.05) is 0 Å². The van der Waals surface area contributed by atoms with Gasteiger partial charge in [-0.3, -0.25) is 4.79 Å². The summed E-state index contributed by atoms with van der Waals surface area (Å²) in [6.45, 7) is 5.30. The molecule has 1 heterocycles. The average Bonchev–Trinajstić information content (AvgIpc) is 2.87. The minimum Gasteiger partial charge on any atom is -0.496 e. The summed E-state index contributed by atoms with van der Waals surface area (Å²) in [5.41, 5.74) is 0.254. The standard InChI is InChI=1S/C15H21FN2O2/c1-10(12-8-11(16)4-5-13(12)20-3)18-14(19)15(2)6-7-17-9-15/h4-5,8,10,17H,6-7,9H2,1-3H3,(H,18,19). The topological polar surface area (TPSA) is 50.4 Å². The normalized spacial score (nSPS) is 23.4. The number of halogens is 1. The number of amides is 1. The smallest absolute Gasteiger partial charge is 0.227 e. The van der Waals surface area contributed by atoms with Crippen LogP contribution in [0.4, 0.5) is 4.39 Å². The molecule has 0 aromatic heterocycles. The fourth-order valence-electron chi connectivity index (χ4n) is 2.50. The highest BCUT2D eigenvalue weighted by atomic mass is 19.1. The van der Waals surface area contributed by atoms with Gasteiger partial charge in [-0.15, -0.1) is 0 Å². The van der Waals surface area contributed by atoms with E-state index in [1.54, 1.807) is 6.07 Å². The molecule has 1 aromatic rings. The van der Waals surface area contributed by atoms with E-state index >= 15 is 0 Å². The fourth-order valence-corrected chi connectivity index (χ4v) is 2.50. The zero-order valence-electron chi connectivity index (χ0n) is 12.1. The van der Waals surface area contributed by atoms with Crippen molar-refractivity contribution in [1.29, 1.82) is 0 Å². The molecule has 0 aliphatic carbocycles. The summed E-state index contributed by atoms with van der Waals surface area (Å²) in [7, 11) is 1.54. The Morgan fingerprint density at radius 3 is 2.90 bits per heavy atom. The van der Waals surface area contributed by atoms with E-state index in [-0.39, 0.29) is 17.8 Å². The van der Waals surface area contributed by atoms with Gasteiger partial charge in [-0.2, -0.15) is 0 Å². The van der Waals surface area contributed by atoms with Crippen LogP contribution < -0.4 is 15.4 Å². The van der Waals surface area contributed by atoms with E-state index < -0.39 is 5.41 Å². The molecule has 2 N–H and O–H groups in total. The molecule has 1 aliphatic heterocycles. The van der Waals surface area contributed by atoms with E-state index in [0.717, 1.165) is 13.0 Å². The number of nitrogens with one attached hydrogen (secondary N) is 2. The summed E-state index contributed by atoms with van der Waals surface area (Å²) in [6.07, 6.45) is 0.811. The number of hydrogen-bond acceptors (Lipinski definition) is 3. The first-order chi connectivity index (χ1) is 9.46. The second kappa shape index (κ2) is 5.79. The van der Waals surface area contributed by atoms with Gasteiger partial charge in [0.25, 0.3) is 0 Å². The third-order valence-electron chi connectivity index (χ3n) is 3.92. The lowest BCUT2D eigenvalue weighted by Gasteiger charge is -2.25. The number of benzene rings is 1. The van der Waals surface area contributed by atoms with Gasteiger partial charge >= 0.3 is 0 Å². The summed E-state index contributed by atoms with van der Waals surface area (Å²) in [5, 5.41) is 6.15. The van der Waals surface area contributed by atoms with Crippen molar-refractivity contribution in [3.05, 3.63) is 29.6 Å².